The van der Waals surface area contributed by atoms with Crippen molar-refractivity contribution in [2.24, 2.45) is 0 Å². The molecule has 2 rings (SSSR count). The predicted molar refractivity (Wildman–Crippen MR) is 78.0 cm³/mol. The molecule has 1 fully saturated rings. The van der Waals surface area contributed by atoms with Gasteiger partial charge in [0.25, 0.3) is 0 Å². The van der Waals surface area contributed by atoms with Crippen molar-refractivity contribution in [3.05, 3.63) is 35.4 Å². The Morgan fingerprint density at radius 2 is 2.16 bits per heavy atom. The fraction of sp³-hybridized carbons (Fsp3) is 0.562. The Morgan fingerprint density at radius 1 is 1.42 bits per heavy atom. The van der Waals surface area contributed by atoms with E-state index >= 15 is 0 Å². The molecule has 0 spiro atoms. The molecule has 1 aromatic carbocycles. The fourth-order valence-electron chi connectivity index (χ4n) is 2.74. The van der Waals surface area contributed by atoms with E-state index in [1.54, 1.807) is 0 Å². The molecule has 1 aliphatic heterocycles. The molecule has 1 saturated heterocycles. The highest BCUT2D eigenvalue weighted by atomic mass is 16.2. The van der Waals surface area contributed by atoms with Crippen LogP contribution in [0.15, 0.2) is 24.3 Å². The average molecular weight is 260 g/mol. The van der Waals surface area contributed by atoms with E-state index < -0.39 is 0 Å². The van der Waals surface area contributed by atoms with Crippen molar-refractivity contribution in [1.82, 2.24) is 10.2 Å². The van der Waals surface area contributed by atoms with E-state index in [9.17, 15) is 4.79 Å². The van der Waals surface area contributed by atoms with Gasteiger partial charge < -0.3 is 10.2 Å². The SMILES string of the molecule is Cc1ccccc1C1CCCN1C(=O)CNC(C)C. The average Bonchev–Trinajstić information content (AvgIpc) is 2.85. The van der Waals surface area contributed by atoms with Crippen LogP contribution in [0.2, 0.25) is 0 Å². The molecule has 19 heavy (non-hydrogen) atoms. The number of rotatable bonds is 4. The Kier molecular flexibility index (Phi) is 4.59. The molecule has 1 aromatic rings. The molecule has 0 aliphatic carbocycles. The highest BCUT2D eigenvalue weighted by Gasteiger charge is 2.30. The summed E-state index contributed by atoms with van der Waals surface area (Å²) in [5, 5.41) is 3.22. The van der Waals surface area contributed by atoms with Gasteiger partial charge in [-0.1, -0.05) is 38.1 Å². The third-order valence-electron chi connectivity index (χ3n) is 3.78. The Balaban J connectivity index is 2.09. The van der Waals surface area contributed by atoms with Crippen molar-refractivity contribution in [3.63, 3.8) is 0 Å². The number of carbonyl (C=O) groups excluding carboxylic acids is 1. The largest absolute Gasteiger partial charge is 0.335 e. The van der Waals surface area contributed by atoms with Crippen LogP contribution >= 0.6 is 0 Å². The van der Waals surface area contributed by atoms with Crippen LogP contribution in [-0.4, -0.2) is 29.9 Å². The lowest BCUT2D eigenvalue weighted by Crippen LogP contribution is -2.40. The molecule has 1 heterocycles. The minimum atomic E-state index is 0.222. The van der Waals surface area contributed by atoms with E-state index in [1.807, 2.05) is 4.90 Å². The standard InChI is InChI=1S/C16H24N2O/c1-12(2)17-11-16(19)18-10-6-9-15(18)14-8-5-4-7-13(14)3/h4-5,7-8,12,15,17H,6,9-11H2,1-3H3. The van der Waals surface area contributed by atoms with E-state index in [1.165, 1.54) is 11.1 Å². The highest BCUT2D eigenvalue weighted by Crippen LogP contribution is 2.33. The molecule has 0 saturated carbocycles. The maximum absolute atomic E-state index is 12.3. The van der Waals surface area contributed by atoms with Crippen LogP contribution in [0, 0.1) is 6.92 Å². The van der Waals surface area contributed by atoms with Gasteiger partial charge in [-0.25, -0.2) is 0 Å². The van der Waals surface area contributed by atoms with Gasteiger partial charge in [-0.2, -0.15) is 0 Å². The van der Waals surface area contributed by atoms with Crippen LogP contribution in [0.4, 0.5) is 0 Å². The first-order valence-corrected chi connectivity index (χ1v) is 7.18. The molecular weight excluding hydrogens is 236 g/mol. The fourth-order valence-corrected chi connectivity index (χ4v) is 2.74. The number of nitrogens with one attached hydrogen (secondary N) is 1. The van der Waals surface area contributed by atoms with Gasteiger partial charge in [-0.15, -0.1) is 0 Å². The number of likely N-dealkylation sites (tertiary alicyclic amines) is 1. The summed E-state index contributed by atoms with van der Waals surface area (Å²) in [6.45, 7) is 7.59. The quantitative estimate of drug-likeness (QED) is 0.902. The van der Waals surface area contributed by atoms with Crippen LogP contribution in [0.3, 0.4) is 0 Å². The van der Waals surface area contributed by atoms with Crippen molar-refractivity contribution in [3.8, 4) is 0 Å². The number of carbonyl (C=O) groups is 1. The molecule has 1 aliphatic rings. The summed E-state index contributed by atoms with van der Waals surface area (Å²) in [5.74, 6) is 0.222. The summed E-state index contributed by atoms with van der Waals surface area (Å²) < 4.78 is 0. The summed E-state index contributed by atoms with van der Waals surface area (Å²) in [7, 11) is 0. The molecule has 1 amide bonds. The lowest BCUT2D eigenvalue weighted by molar-refractivity contribution is -0.131. The van der Waals surface area contributed by atoms with Gasteiger partial charge in [-0.05, 0) is 30.9 Å². The molecule has 1 unspecified atom stereocenters. The van der Waals surface area contributed by atoms with Crippen LogP contribution in [-0.2, 0) is 4.79 Å². The van der Waals surface area contributed by atoms with Gasteiger partial charge in [0.15, 0.2) is 0 Å². The van der Waals surface area contributed by atoms with Gasteiger partial charge >= 0.3 is 0 Å². The monoisotopic (exact) mass is 260 g/mol. The van der Waals surface area contributed by atoms with Gasteiger partial charge in [0, 0.05) is 12.6 Å². The first-order chi connectivity index (χ1) is 9.09. The van der Waals surface area contributed by atoms with E-state index in [2.05, 4.69) is 50.4 Å². The number of hydrogen-bond donors (Lipinski definition) is 1. The third kappa shape index (κ3) is 3.35. The van der Waals surface area contributed by atoms with Crippen molar-refractivity contribution < 1.29 is 4.79 Å². The molecule has 3 nitrogen and oxygen atoms in total. The smallest absolute Gasteiger partial charge is 0.237 e. The molecule has 1 atom stereocenters. The van der Waals surface area contributed by atoms with Crippen LogP contribution < -0.4 is 5.32 Å². The van der Waals surface area contributed by atoms with Gasteiger partial charge in [0.05, 0.1) is 12.6 Å². The molecule has 104 valence electrons. The summed E-state index contributed by atoms with van der Waals surface area (Å²) in [6, 6.07) is 9.02. The minimum Gasteiger partial charge on any atom is -0.335 e. The minimum absolute atomic E-state index is 0.222. The maximum atomic E-state index is 12.3. The molecule has 0 aromatic heterocycles. The number of nitrogens with zero attached hydrogens (tertiary/aromatic N) is 1. The Labute approximate surface area is 116 Å². The second-order valence-electron chi connectivity index (χ2n) is 5.64. The number of aryl methyl sites for hydroxylation is 1. The summed E-state index contributed by atoms with van der Waals surface area (Å²) >= 11 is 0. The lowest BCUT2D eigenvalue weighted by atomic mass is 9.99. The molecule has 3 heteroatoms. The van der Waals surface area contributed by atoms with Crippen LogP contribution in [0.25, 0.3) is 0 Å². The zero-order valence-corrected chi connectivity index (χ0v) is 12.1. The molecule has 0 radical (unpaired) electrons. The molecule has 0 bridgehead atoms. The van der Waals surface area contributed by atoms with Gasteiger partial charge in [0.2, 0.25) is 5.91 Å². The normalized spacial score (nSPS) is 19.2. The van der Waals surface area contributed by atoms with Gasteiger partial charge in [-0.3, -0.25) is 4.79 Å². The first-order valence-electron chi connectivity index (χ1n) is 7.18. The summed E-state index contributed by atoms with van der Waals surface area (Å²) in [4.78, 5) is 14.3. The van der Waals surface area contributed by atoms with E-state index in [0.29, 0.717) is 12.6 Å². The van der Waals surface area contributed by atoms with Crippen molar-refractivity contribution in [1.29, 1.82) is 0 Å². The first kappa shape index (κ1) is 14.1. The maximum Gasteiger partial charge on any atom is 0.237 e. The van der Waals surface area contributed by atoms with Gasteiger partial charge in [0.1, 0.15) is 0 Å². The Morgan fingerprint density at radius 3 is 2.84 bits per heavy atom. The summed E-state index contributed by atoms with van der Waals surface area (Å²) in [5.41, 5.74) is 2.59. The zero-order chi connectivity index (χ0) is 13.8. The number of benzene rings is 1. The van der Waals surface area contributed by atoms with E-state index in [0.717, 1.165) is 19.4 Å². The van der Waals surface area contributed by atoms with Crippen molar-refractivity contribution >= 4 is 5.91 Å². The van der Waals surface area contributed by atoms with Crippen molar-refractivity contribution in [2.45, 2.75) is 45.7 Å². The Hall–Kier alpha value is -1.35. The lowest BCUT2D eigenvalue weighted by Gasteiger charge is -2.27. The molecule has 1 N–H and O–H groups in total. The van der Waals surface area contributed by atoms with Crippen LogP contribution in [0.5, 0.6) is 0 Å². The topological polar surface area (TPSA) is 32.3 Å². The third-order valence-corrected chi connectivity index (χ3v) is 3.78. The van der Waals surface area contributed by atoms with Crippen molar-refractivity contribution in [2.75, 3.05) is 13.1 Å². The number of hydrogen-bond acceptors (Lipinski definition) is 2. The predicted octanol–water partition coefficient (Wildman–Crippen LogP) is 2.66. The number of amides is 1. The van der Waals surface area contributed by atoms with E-state index in [4.69, 9.17) is 0 Å². The Bertz CT molecular complexity index is 442. The van der Waals surface area contributed by atoms with E-state index in [-0.39, 0.29) is 11.9 Å². The molecular formula is C16H24N2O. The zero-order valence-electron chi connectivity index (χ0n) is 12.1. The second kappa shape index (κ2) is 6.20. The summed E-state index contributed by atoms with van der Waals surface area (Å²) in [6.07, 6.45) is 2.19. The second-order valence-corrected chi connectivity index (χ2v) is 5.64. The van der Waals surface area contributed by atoms with Crippen LogP contribution in [0.1, 0.15) is 43.9 Å². The highest BCUT2D eigenvalue weighted by molar-refractivity contribution is 5.79.